The van der Waals surface area contributed by atoms with Gasteiger partial charge in [0.15, 0.2) is 0 Å². The van der Waals surface area contributed by atoms with Gasteiger partial charge in [-0.3, -0.25) is 14.4 Å². The second kappa shape index (κ2) is 11.7. The topological polar surface area (TPSA) is 90.4 Å². The third-order valence-electron chi connectivity index (χ3n) is 9.68. The molecule has 4 aliphatic rings. The van der Waals surface area contributed by atoms with E-state index in [1.807, 2.05) is 105 Å². The van der Waals surface area contributed by atoms with E-state index in [9.17, 15) is 19.5 Å². The number of amides is 3. The van der Waals surface area contributed by atoms with Gasteiger partial charge in [-0.25, -0.2) is 0 Å². The minimum Gasteiger partial charge on any atom is -0.494 e. The van der Waals surface area contributed by atoms with E-state index >= 15 is 0 Å². The predicted molar refractivity (Wildman–Crippen MR) is 177 cm³/mol. The monoisotopic (exact) mass is 623 g/mol. The molecule has 1 spiro atoms. The summed E-state index contributed by atoms with van der Waals surface area (Å²) in [6.07, 6.45) is 8.52. The van der Waals surface area contributed by atoms with Crippen LogP contribution in [0.5, 0.6) is 5.75 Å². The number of carbonyl (C=O) groups is 3. The molecular weight excluding hydrogens is 586 g/mol. The van der Waals surface area contributed by atoms with E-state index < -0.39 is 28.7 Å². The van der Waals surface area contributed by atoms with Gasteiger partial charge in [-0.1, -0.05) is 61.6 Å². The average molecular weight is 624 g/mol. The number of fused-ring (bicyclic) bond motifs is 3. The molecule has 3 aromatic carbocycles. The van der Waals surface area contributed by atoms with Crippen molar-refractivity contribution >= 4 is 51.6 Å². The quantitative estimate of drug-likeness (QED) is 0.380. The van der Waals surface area contributed by atoms with E-state index in [0.29, 0.717) is 26.1 Å². The van der Waals surface area contributed by atoms with Gasteiger partial charge in [-0.15, -0.1) is 11.8 Å². The highest BCUT2D eigenvalue weighted by Gasteiger charge is 2.71. The first-order valence-electron chi connectivity index (χ1n) is 15.7. The molecule has 8 nitrogen and oxygen atoms in total. The Kier molecular flexibility index (Phi) is 7.70. The van der Waals surface area contributed by atoms with Gasteiger partial charge in [-0.05, 0) is 60.5 Å². The molecule has 6 atom stereocenters. The minimum atomic E-state index is -0.959. The fourth-order valence-corrected chi connectivity index (χ4v) is 9.57. The third-order valence-corrected chi connectivity index (χ3v) is 11.4. The van der Waals surface area contributed by atoms with Crippen molar-refractivity contribution in [3.8, 4) is 5.75 Å². The number of likely N-dealkylation sites (tertiary alicyclic amines) is 1. The summed E-state index contributed by atoms with van der Waals surface area (Å²) in [5.41, 5.74) is 1.48. The van der Waals surface area contributed by atoms with Crippen LogP contribution in [0.1, 0.15) is 20.3 Å². The smallest absolute Gasteiger partial charge is 0.251 e. The average Bonchev–Trinajstić information content (AvgIpc) is 3.37. The van der Waals surface area contributed by atoms with Crippen molar-refractivity contribution in [1.29, 1.82) is 0 Å². The van der Waals surface area contributed by atoms with Gasteiger partial charge in [0.2, 0.25) is 11.8 Å². The van der Waals surface area contributed by atoms with E-state index in [1.165, 1.54) is 0 Å². The summed E-state index contributed by atoms with van der Waals surface area (Å²) in [6.45, 7) is 4.85. The van der Waals surface area contributed by atoms with E-state index in [2.05, 4.69) is 0 Å². The van der Waals surface area contributed by atoms with Crippen LogP contribution in [0.4, 0.5) is 11.4 Å². The van der Waals surface area contributed by atoms with Gasteiger partial charge < -0.3 is 24.5 Å². The van der Waals surface area contributed by atoms with Crippen LogP contribution >= 0.6 is 11.8 Å². The van der Waals surface area contributed by atoms with Crippen LogP contribution in [0, 0.1) is 11.8 Å². The fraction of sp³-hybridized carbons (Fsp3) is 0.361. The maximum Gasteiger partial charge on any atom is 0.251 e. The number of benzene rings is 3. The zero-order chi connectivity index (χ0) is 31.3. The Labute approximate surface area is 267 Å². The summed E-state index contributed by atoms with van der Waals surface area (Å²) >= 11 is 1.55. The first-order chi connectivity index (χ1) is 21.9. The molecule has 45 heavy (non-hydrogen) atoms. The van der Waals surface area contributed by atoms with Crippen LogP contribution in [0.15, 0.2) is 91.0 Å². The van der Waals surface area contributed by atoms with Crippen molar-refractivity contribution in [3.05, 3.63) is 91.0 Å². The Morgan fingerprint density at radius 1 is 0.889 bits per heavy atom. The van der Waals surface area contributed by atoms with E-state index in [4.69, 9.17) is 4.74 Å². The molecule has 0 saturated carbocycles. The number of hydrogen-bond acceptors (Lipinski definition) is 6. The number of carbonyl (C=O) groups excluding carboxylic acids is 3. The maximum atomic E-state index is 14.8. The highest BCUT2D eigenvalue weighted by Crippen LogP contribution is 2.61. The molecule has 1 N–H and O–H groups in total. The molecule has 4 heterocycles. The van der Waals surface area contributed by atoms with Gasteiger partial charge in [-0.2, -0.15) is 0 Å². The maximum absolute atomic E-state index is 14.8. The fourth-order valence-electron chi connectivity index (χ4n) is 7.58. The van der Waals surface area contributed by atoms with E-state index in [-0.39, 0.29) is 29.6 Å². The largest absolute Gasteiger partial charge is 0.494 e. The highest BCUT2D eigenvalue weighted by molar-refractivity contribution is 8.02. The molecular formula is C36H37N3O5S. The van der Waals surface area contributed by atoms with Crippen molar-refractivity contribution in [2.75, 3.05) is 36.1 Å². The van der Waals surface area contributed by atoms with Gasteiger partial charge in [0.1, 0.15) is 11.8 Å². The summed E-state index contributed by atoms with van der Waals surface area (Å²) in [4.78, 5) is 49.0. The Morgan fingerprint density at radius 2 is 1.60 bits per heavy atom. The number of aliphatic hydroxyl groups excluding tert-OH is 1. The van der Waals surface area contributed by atoms with Crippen molar-refractivity contribution in [2.24, 2.45) is 11.8 Å². The van der Waals surface area contributed by atoms with Crippen LogP contribution in [0.3, 0.4) is 0 Å². The second-order valence-corrected chi connectivity index (χ2v) is 13.5. The summed E-state index contributed by atoms with van der Waals surface area (Å²) < 4.78 is 4.64. The van der Waals surface area contributed by atoms with E-state index in [1.54, 1.807) is 26.5 Å². The highest BCUT2D eigenvalue weighted by atomic mass is 32.2. The lowest BCUT2D eigenvalue weighted by Crippen LogP contribution is -2.56. The predicted octanol–water partition coefficient (Wildman–Crippen LogP) is 4.81. The molecule has 0 radical (unpaired) electrons. The zero-order valence-electron chi connectivity index (χ0n) is 25.4. The minimum absolute atomic E-state index is 0.133. The van der Waals surface area contributed by atoms with Crippen LogP contribution < -0.4 is 14.5 Å². The van der Waals surface area contributed by atoms with Gasteiger partial charge in [0, 0.05) is 29.7 Å². The molecule has 3 amide bonds. The summed E-state index contributed by atoms with van der Waals surface area (Å²) in [7, 11) is 0. The summed E-state index contributed by atoms with van der Waals surface area (Å²) in [5.74, 6) is -1.26. The Hall–Kier alpha value is -4.08. The van der Waals surface area contributed by atoms with Crippen molar-refractivity contribution in [2.45, 2.75) is 42.3 Å². The summed E-state index contributed by atoms with van der Waals surface area (Å²) in [6, 6.07) is 20.0. The molecule has 0 bridgehead atoms. The molecule has 2 saturated heterocycles. The normalized spacial score (nSPS) is 28.2. The van der Waals surface area contributed by atoms with Crippen LogP contribution in [-0.2, 0) is 14.4 Å². The first kappa shape index (κ1) is 29.6. The lowest BCUT2D eigenvalue weighted by Gasteiger charge is -2.38. The van der Waals surface area contributed by atoms with Gasteiger partial charge >= 0.3 is 0 Å². The number of anilines is 2. The number of rotatable bonds is 7. The molecule has 1 unspecified atom stereocenters. The number of thioether (sulfide) groups is 1. The van der Waals surface area contributed by atoms with Gasteiger partial charge in [0.05, 0.1) is 35.8 Å². The zero-order valence-corrected chi connectivity index (χ0v) is 26.2. The number of hydrogen-bond donors (Lipinski definition) is 1. The molecule has 9 heteroatoms. The SMILES string of the molecule is CCOc1ccc(N2CC=C[C@@H]3S[C@]45C=CCN(c6ccc7ccccc7c6)C(=O)C4N([C@@H](CC)CO)C(=O)[C@@H]5[C@@H]3C2=O)cc1. The first-order valence-corrected chi connectivity index (χ1v) is 16.6. The molecule has 0 aliphatic carbocycles. The molecule has 3 aromatic rings. The molecule has 4 aliphatic heterocycles. The Bertz CT molecular complexity index is 1700. The van der Waals surface area contributed by atoms with Crippen LogP contribution in [0.2, 0.25) is 0 Å². The molecule has 232 valence electrons. The van der Waals surface area contributed by atoms with Gasteiger partial charge in [0.25, 0.3) is 5.91 Å². The van der Waals surface area contributed by atoms with Crippen molar-refractivity contribution < 1.29 is 24.2 Å². The standard InChI is InChI=1S/C36H37N3O5S/c1-3-25(22-40)39-32-35(43)38(27-13-12-23-9-5-6-10-24(23)21-27)20-8-18-36(32)31(34(39)42)30-29(45-36)11-7-19-37(33(30)41)26-14-16-28(17-15-26)44-4-2/h5-18,21,25,29-32,40H,3-4,19-20,22H2,1-2H3/t25-,29-,30+,31-,32?,36-/m0/s1. The number of nitrogens with zero attached hydrogens (tertiary/aromatic N) is 3. The van der Waals surface area contributed by atoms with Crippen molar-refractivity contribution in [3.63, 3.8) is 0 Å². The lowest BCUT2D eigenvalue weighted by molar-refractivity contribution is -0.141. The third kappa shape index (κ3) is 4.67. The van der Waals surface area contributed by atoms with Crippen LogP contribution in [-0.4, -0.2) is 76.1 Å². The Balaban J connectivity index is 1.30. The molecule has 0 aromatic heterocycles. The molecule has 7 rings (SSSR count). The number of ether oxygens (including phenoxy) is 1. The van der Waals surface area contributed by atoms with Crippen molar-refractivity contribution in [1.82, 2.24) is 4.90 Å². The second-order valence-electron chi connectivity index (χ2n) is 12.0. The van der Waals surface area contributed by atoms with E-state index in [0.717, 1.165) is 27.9 Å². The molecule has 2 fully saturated rings. The van der Waals surface area contributed by atoms with Crippen LogP contribution in [0.25, 0.3) is 10.8 Å². The summed E-state index contributed by atoms with van der Waals surface area (Å²) in [5, 5.41) is 12.3. The lowest BCUT2D eigenvalue weighted by atomic mass is 9.78. The number of aliphatic hydroxyl groups is 1. The Morgan fingerprint density at radius 3 is 2.33 bits per heavy atom.